The molecule has 0 unspecified atom stereocenters. The van der Waals surface area contributed by atoms with Gasteiger partial charge >= 0.3 is 0 Å². The number of aromatic nitrogens is 2. The molecular formula is C28H30ClN3O2. The van der Waals surface area contributed by atoms with Crippen molar-refractivity contribution in [2.24, 2.45) is 0 Å². The fourth-order valence-corrected chi connectivity index (χ4v) is 4.19. The van der Waals surface area contributed by atoms with Crippen LogP contribution in [0.25, 0.3) is 11.0 Å². The van der Waals surface area contributed by atoms with E-state index in [-0.39, 0.29) is 5.91 Å². The predicted molar refractivity (Wildman–Crippen MR) is 138 cm³/mol. The van der Waals surface area contributed by atoms with Crippen LogP contribution < -0.4 is 10.1 Å². The number of rotatable bonds is 10. The van der Waals surface area contributed by atoms with Gasteiger partial charge < -0.3 is 14.6 Å². The largest absolute Gasteiger partial charge is 0.493 e. The number of amides is 1. The minimum atomic E-state index is -0.131. The third-order valence-corrected chi connectivity index (χ3v) is 6.07. The number of aryl methyl sites for hydroxylation is 3. The Bertz CT molecular complexity index is 1280. The molecule has 0 fully saturated rings. The molecule has 0 aliphatic carbocycles. The van der Waals surface area contributed by atoms with Crippen molar-refractivity contribution in [2.45, 2.75) is 39.7 Å². The minimum absolute atomic E-state index is 0.131. The number of carbonyl (C=O) groups excluding carboxylic acids is 1. The first-order valence-corrected chi connectivity index (χ1v) is 12.1. The van der Waals surface area contributed by atoms with Crippen LogP contribution in [0.1, 0.15) is 40.2 Å². The van der Waals surface area contributed by atoms with Crippen molar-refractivity contribution in [3.63, 3.8) is 0 Å². The molecule has 3 aromatic carbocycles. The van der Waals surface area contributed by atoms with Crippen molar-refractivity contribution in [3.05, 3.63) is 94.3 Å². The minimum Gasteiger partial charge on any atom is -0.493 e. The molecule has 0 saturated heterocycles. The summed E-state index contributed by atoms with van der Waals surface area (Å²) in [7, 11) is 0. The van der Waals surface area contributed by atoms with E-state index in [0.29, 0.717) is 30.2 Å². The lowest BCUT2D eigenvalue weighted by Gasteiger charge is -2.12. The summed E-state index contributed by atoms with van der Waals surface area (Å²) >= 11 is 6.00. The molecule has 1 N–H and O–H groups in total. The van der Waals surface area contributed by atoms with Gasteiger partial charge in [-0.05, 0) is 74.2 Å². The number of imidazole rings is 1. The molecule has 6 heteroatoms. The van der Waals surface area contributed by atoms with Crippen molar-refractivity contribution in [1.82, 2.24) is 14.9 Å². The van der Waals surface area contributed by atoms with Crippen molar-refractivity contribution in [3.8, 4) is 5.75 Å². The van der Waals surface area contributed by atoms with E-state index >= 15 is 0 Å². The van der Waals surface area contributed by atoms with Gasteiger partial charge in [-0.25, -0.2) is 4.98 Å². The molecule has 1 heterocycles. The van der Waals surface area contributed by atoms with Crippen LogP contribution in [0.5, 0.6) is 5.75 Å². The molecule has 0 bridgehead atoms. The fourth-order valence-electron chi connectivity index (χ4n) is 4.00. The van der Waals surface area contributed by atoms with Crippen LogP contribution in [-0.4, -0.2) is 28.6 Å². The van der Waals surface area contributed by atoms with E-state index in [1.807, 2.05) is 18.2 Å². The third-order valence-electron chi connectivity index (χ3n) is 5.83. The van der Waals surface area contributed by atoms with E-state index in [4.69, 9.17) is 21.3 Å². The van der Waals surface area contributed by atoms with E-state index in [9.17, 15) is 4.79 Å². The lowest BCUT2D eigenvalue weighted by atomic mass is 10.1. The van der Waals surface area contributed by atoms with Crippen LogP contribution in [0, 0.1) is 13.8 Å². The molecule has 0 radical (unpaired) electrons. The molecule has 1 amide bonds. The third kappa shape index (κ3) is 5.97. The first-order valence-electron chi connectivity index (χ1n) is 11.7. The van der Waals surface area contributed by atoms with E-state index in [1.165, 1.54) is 5.56 Å². The number of para-hydroxylation sites is 2. The number of halogens is 1. The number of unbranched alkanes of at least 4 members (excludes halogenated alkanes) is 1. The highest BCUT2D eigenvalue weighted by Crippen LogP contribution is 2.20. The average molecular weight is 476 g/mol. The molecular weight excluding hydrogens is 446 g/mol. The van der Waals surface area contributed by atoms with Gasteiger partial charge in [0, 0.05) is 30.1 Å². The zero-order chi connectivity index (χ0) is 23.9. The van der Waals surface area contributed by atoms with Gasteiger partial charge in [0.25, 0.3) is 5.91 Å². The summed E-state index contributed by atoms with van der Waals surface area (Å²) in [5, 5.41) is 3.53. The summed E-state index contributed by atoms with van der Waals surface area (Å²) in [5.41, 5.74) is 5.02. The van der Waals surface area contributed by atoms with Crippen LogP contribution in [-0.2, 0) is 13.0 Å². The molecule has 4 rings (SSSR count). The van der Waals surface area contributed by atoms with Crippen LogP contribution in [0.3, 0.4) is 0 Å². The summed E-state index contributed by atoms with van der Waals surface area (Å²) in [6.07, 6.45) is 2.58. The Morgan fingerprint density at radius 3 is 2.74 bits per heavy atom. The summed E-state index contributed by atoms with van der Waals surface area (Å²) in [4.78, 5) is 17.3. The van der Waals surface area contributed by atoms with E-state index in [1.54, 1.807) is 24.3 Å². The molecule has 0 spiro atoms. The van der Waals surface area contributed by atoms with Crippen LogP contribution in [0.15, 0.2) is 66.7 Å². The molecule has 0 atom stereocenters. The van der Waals surface area contributed by atoms with Crippen molar-refractivity contribution in [2.75, 3.05) is 13.2 Å². The molecule has 0 aliphatic rings. The Kier molecular flexibility index (Phi) is 7.86. The van der Waals surface area contributed by atoms with Gasteiger partial charge in [-0.2, -0.15) is 0 Å². The summed E-state index contributed by atoms with van der Waals surface area (Å²) in [6.45, 7) is 6.19. The fraction of sp³-hybridized carbons (Fsp3) is 0.286. The summed E-state index contributed by atoms with van der Waals surface area (Å²) in [5.74, 6) is 1.81. The number of nitrogens with zero attached hydrogens (tertiary/aromatic N) is 2. The molecule has 34 heavy (non-hydrogen) atoms. The topological polar surface area (TPSA) is 56.1 Å². The Morgan fingerprint density at radius 1 is 1.03 bits per heavy atom. The molecule has 4 aromatic rings. The quantitative estimate of drug-likeness (QED) is 0.280. The maximum Gasteiger partial charge on any atom is 0.251 e. The van der Waals surface area contributed by atoms with Crippen molar-refractivity contribution in [1.29, 1.82) is 0 Å². The number of carbonyl (C=O) groups is 1. The number of ether oxygens (including phenoxy) is 1. The number of fused-ring (bicyclic) bond motifs is 1. The van der Waals surface area contributed by atoms with Gasteiger partial charge in [-0.1, -0.05) is 41.9 Å². The Morgan fingerprint density at radius 2 is 1.88 bits per heavy atom. The van der Waals surface area contributed by atoms with Gasteiger partial charge in [0.15, 0.2) is 0 Å². The van der Waals surface area contributed by atoms with E-state index in [0.717, 1.165) is 47.6 Å². The van der Waals surface area contributed by atoms with Gasteiger partial charge in [-0.15, -0.1) is 0 Å². The number of nitrogens with one attached hydrogen (secondary N) is 1. The molecule has 176 valence electrons. The lowest BCUT2D eigenvalue weighted by molar-refractivity contribution is 0.0954. The second kappa shape index (κ2) is 11.2. The molecule has 5 nitrogen and oxygen atoms in total. The highest BCUT2D eigenvalue weighted by Gasteiger charge is 2.12. The summed E-state index contributed by atoms with van der Waals surface area (Å²) in [6, 6.07) is 21.4. The number of benzene rings is 3. The van der Waals surface area contributed by atoms with Gasteiger partial charge in [-0.3, -0.25) is 4.79 Å². The van der Waals surface area contributed by atoms with Gasteiger partial charge in [0.05, 0.1) is 17.6 Å². The zero-order valence-corrected chi connectivity index (χ0v) is 20.4. The number of hydrogen-bond donors (Lipinski definition) is 1. The predicted octanol–water partition coefficient (Wildman–Crippen LogP) is 6.14. The van der Waals surface area contributed by atoms with Crippen molar-refractivity contribution >= 4 is 28.5 Å². The first-order chi connectivity index (χ1) is 16.5. The second-order valence-electron chi connectivity index (χ2n) is 8.51. The zero-order valence-electron chi connectivity index (χ0n) is 19.7. The molecule has 0 saturated carbocycles. The van der Waals surface area contributed by atoms with E-state index in [2.05, 4.69) is 48.0 Å². The lowest BCUT2D eigenvalue weighted by Crippen LogP contribution is -2.26. The maximum absolute atomic E-state index is 12.4. The standard InChI is InChI=1S/C28H30ClN3O2/c1-20-12-13-21(2)26(18-20)34-17-6-5-16-32-25-11-4-3-10-24(25)31-27(32)14-15-30-28(33)22-8-7-9-23(29)19-22/h3-4,7-13,18-19H,5-6,14-17H2,1-2H3,(H,30,33). The van der Waals surface area contributed by atoms with Crippen LogP contribution in [0.4, 0.5) is 0 Å². The number of hydrogen-bond acceptors (Lipinski definition) is 3. The normalized spacial score (nSPS) is 11.0. The molecule has 1 aromatic heterocycles. The highest BCUT2D eigenvalue weighted by atomic mass is 35.5. The van der Waals surface area contributed by atoms with Crippen molar-refractivity contribution < 1.29 is 9.53 Å². The first kappa shape index (κ1) is 23.8. The van der Waals surface area contributed by atoms with Crippen LogP contribution in [0.2, 0.25) is 5.02 Å². The Balaban J connectivity index is 1.34. The van der Waals surface area contributed by atoms with Gasteiger partial charge in [0.1, 0.15) is 11.6 Å². The van der Waals surface area contributed by atoms with E-state index < -0.39 is 0 Å². The average Bonchev–Trinajstić information content (AvgIpc) is 3.18. The van der Waals surface area contributed by atoms with Gasteiger partial charge in [0.2, 0.25) is 0 Å². The monoisotopic (exact) mass is 475 g/mol. The SMILES string of the molecule is Cc1ccc(C)c(OCCCCn2c(CCNC(=O)c3cccc(Cl)c3)nc3ccccc32)c1. The van der Waals surface area contributed by atoms with Crippen LogP contribution >= 0.6 is 11.6 Å². The smallest absolute Gasteiger partial charge is 0.251 e. The Hall–Kier alpha value is -3.31. The maximum atomic E-state index is 12.4. The summed E-state index contributed by atoms with van der Waals surface area (Å²) < 4.78 is 8.28. The highest BCUT2D eigenvalue weighted by molar-refractivity contribution is 6.30. The molecule has 0 aliphatic heterocycles. The Labute approximate surface area is 205 Å². The second-order valence-corrected chi connectivity index (χ2v) is 8.95.